The van der Waals surface area contributed by atoms with E-state index >= 15 is 0 Å². The smallest absolute Gasteiger partial charge is 0.303 e. The molecule has 0 saturated heterocycles. The first-order chi connectivity index (χ1) is 17.4. The molecule has 9 nitrogen and oxygen atoms in total. The molecule has 3 N–H and O–H groups in total. The molecule has 0 saturated carbocycles. The maximum absolute atomic E-state index is 13.0. The van der Waals surface area contributed by atoms with Gasteiger partial charge in [0.25, 0.3) is 11.8 Å². The number of carbonyl (C=O) groups is 3. The van der Waals surface area contributed by atoms with Gasteiger partial charge in [-0.25, -0.2) is 0 Å². The van der Waals surface area contributed by atoms with E-state index in [9.17, 15) is 14.4 Å². The van der Waals surface area contributed by atoms with Gasteiger partial charge in [-0.2, -0.15) is 0 Å². The van der Waals surface area contributed by atoms with Gasteiger partial charge in [-0.3, -0.25) is 14.4 Å². The Bertz CT molecular complexity index is 1050. The number of benzene rings is 2. The second-order valence-electron chi connectivity index (χ2n) is 7.77. The van der Waals surface area contributed by atoms with E-state index in [1.165, 1.54) is 7.11 Å². The van der Waals surface area contributed by atoms with Crippen LogP contribution in [-0.4, -0.2) is 49.8 Å². The Morgan fingerprint density at radius 2 is 1.61 bits per heavy atom. The number of unbranched alkanes of at least 4 members (excludes halogenated alkanes) is 2. The van der Waals surface area contributed by atoms with Crippen LogP contribution < -0.4 is 24.8 Å². The molecular weight excluding hydrogens is 464 g/mol. The zero-order valence-electron chi connectivity index (χ0n) is 21.0. The molecule has 9 heteroatoms. The third-order valence-corrected chi connectivity index (χ3v) is 5.08. The first-order valence-electron chi connectivity index (χ1n) is 11.9. The molecule has 2 amide bonds. The highest BCUT2D eigenvalue weighted by Crippen LogP contribution is 2.29. The summed E-state index contributed by atoms with van der Waals surface area (Å²) < 4.78 is 16.4. The molecule has 0 unspecified atom stereocenters. The van der Waals surface area contributed by atoms with Crippen LogP contribution in [0.25, 0.3) is 6.08 Å². The highest BCUT2D eigenvalue weighted by molar-refractivity contribution is 6.05. The minimum absolute atomic E-state index is 0.0629. The molecule has 0 aromatic heterocycles. The molecule has 0 aliphatic rings. The first kappa shape index (κ1) is 28.2. The fourth-order valence-corrected chi connectivity index (χ4v) is 3.29. The predicted octanol–water partition coefficient (Wildman–Crippen LogP) is 4.02. The first-order valence-corrected chi connectivity index (χ1v) is 11.9. The summed E-state index contributed by atoms with van der Waals surface area (Å²) in [7, 11) is 1.54. The fraction of sp³-hybridized carbons (Fsp3) is 0.370. The van der Waals surface area contributed by atoms with E-state index in [-0.39, 0.29) is 12.1 Å². The van der Waals surface area contributed by atoms with Gasteiger partial charge in [0.2, 0.25) is 0 Å². The number of carboxylic acids is 1. The molecule has 0 bridgehead atoms. The summed E-state index contributed by atoms with van der Waals surface area (Å²) in [6, 6.07) is 11.8. The van der Waals surface area contributed by atoms with Crippen LogP contribution in [0.3, 0.4) is 0 Å². The van der Waals surface area contributed by atoms with Crippen molar-refractivity contribution in [2.75, 3.05) is 26.9 Å². The van der Waals surface area contributed by atoms with Gasteiger partial charge in [0, 0.05) is 18.5 Å². The van der Waals surface area contributed by atoms with Crippen LogP contribution in [-0.2, 0) is 9.59 Å². The Hall–Kier alpha value is -4.01. The van der Waals surface area contributed by atoms with Crippen LogP contribution >= 0.6 is 0 Å². The van der Waals surface area contributed by atoms with Crippen molar-refractivity contribution in [1.29, 1.82) is 0 Å². The normalized spacial score (nSPS) is 10.9. The number of methoxy groups -OCH3 is 1. The molecule has 2 aromatic carbocycles. The van der Waals surface area contributed by atoms with Gasteiger partial charge in [0.1, 0.15) is 11.4 Å². The lowest BCUT2D eigenvalue weighted by Crippen LogP contribution is -2.35. The Kier molecular flexibility index (Phi) is 11.8. The minimum atomic E-state index is -0.840. The monoisotopic (exact) mass is 498 g/mol. The van der Waals surface area contributed by atoms with E-state index in [0.717, 1.165) is 0 Å². The van der Waals surface area contributed by atoms with E-state index in [2.05, 4.69) is 10.6 Å². The minimum Gasteiger partial charge on any atom is -0.497 e. The highest BCUT2D eigenvalue weighted by Gasteiger charge is 2.15. The standard InChI is InChI=1S/C27H34N2O7/c1-4-35-23-15-10-19(18-24(23)36-5-2)17-22(27(33)28-16-8-6-7-9-25(30)31)29-26(32)20-11-13-21(34-3)14-12-20/h10-15,17-18H,4-9,16H2,1-3H3,(H,28,33)(H,29,32)(H,30,31)/b22-17+. The number of carbonyl (C=O) groups excluding carboxylic acids is 2. The molecule has 0 spiro atoms. The number of nitrogens with one attached hydrogen (secondary N) is 2. The lowest BCUT2D eigenvalue weighted by Gasteiger charge is -2.13. The second kappa shape index (κ2) is 15.1. The summed E-state index contributed by atoms with van der Waals surface area (Å²) in [4.78, 5) is 36.5. The van der Waals surface area contributed by atoms with Crippen molar-refractivity contribution in [3.8, 4) is 17.2 Å². The number of carboxylic acid groups (broad SMARTS) is 1. The third kappa shape index (κ3) is 9.32. The van der Waals surface area contributed by atoms with Crippen molar-refractivity contribution in [1.82, 2.24) is 10.6 Å². The van der Waals surface area contributed by atoms with Gasteiger partial charge in [-0.05, 0) is 74.7 Å². The summed E-state index contributed by atoms with van der Waals surface area (Å²) in [5.74, 6) is -0.00889. The number of aliphatic carboxylic acids is 1. The zero-order chi connectivity index (χ0) is 26.3. The van der Waals surface area contributed by atoms with Crippen molar-refractivity contribution < 1.29 is 33.7 Å². The van der Waals surface area contributed by atoms with Gasteiger partial charge in [-0.15, -0.1) is 0 Å². The maximum Gasteiger partial charge on any atom is 0.303 e. The summed E-state index contributed by atoms with van der Waals surface area (Å²) in [6.07, 6.45) is 3.49. The number of hydrogen-bond donors (Lipinski definition) is 3. The van der Waals surface area contributed by atoms with Crippen LogP contribution in [0.5, 0.6) is 17.2 Å². The molecule has 0 aliphatic heterocycles. The van der Waals surface area contributed by atoms with E-state index in [4.69, 9.17) is 19.3 Å². The van der Waals surface area contributed by atoms with Gasteiger partial charge in [0.05, 0.1) is 20.3 Å². The molecule has 0 atom stereocenters. The Balaban J connectivity index is 2.22. The van der Waals surface area contributed by atoms with Gasteiger partial charge >= 0.3 is 5.97 Å². The Morgan fingerprint density at radius 3 is 2.25 bits per heavy atom. The van der Waals surface area contributed by atoms with Crippen molar-refractivity contribution in [3.05, 3.63) is 59.3 Å². The summed E-state index contributed by atoms with van der Waals surface area (Å²) in [5.41, 5.74) is 1.07. The molecule has 2 aromatic rings. The topological polar surface area (TPSA) is 123 Å². The van der Waals surface area contributed by atoms with Gasteiger partial charge < -0.3 is 30.0 Å². The summed E-state index contributed by atoms with van der Waals surface area (Å²) >= 11 is 0. The third-order valence-electron chi connectivity index (χ3n) is 5.08. The number of ether oxygens (including phenoxy) is 3. The molecule has 0 radical (unpaired) electrons. The average molecular weight is 499 g/mol. The number of amides is 2. The maximum atomic E-state index is 13.0. The van der Waals surface area contributed by atoms with Crippen molar-refractivity contribution >= 4 is 23.9 Å². The SMILES string of the molecule is CCOc1ccc(/C=C(/NC(=O)c2ccc(OC)cc2)C(=O)NCCCCCC(=O)O)cc1OCC. The van der Waals surface area contributed by atoms with Gasteiger partial charge in [-0.1, -0.05) is 12.5 Å². The van der Waals surface area contributed by atoms with E-state index in [1.54, 1.807) is 48.5 Å². The fourth-order valence-electron chi connectivity index (χ4n) is 3.29. The lowest BCUT2D eigenvalue weighted by atomic mass is 10.1. The van der Waals surface area contributed by atoms with Crippen molar-refractivity contribution in [3.63, 3.8) is 0 Å². The zero-order valence-corrected chi connectivity index (χ0v) is 21.0. The van der Waals surface area contributed by atoms with Gasteiger partial charge in [0.15, 0.2) is 11.5 Å². The largest absolute Gasteiger partial charge is 0.497 e. The molecule has 0 fully saturated rings. The van der Waals surface area contributed by atoms with E-state index < -0.39 is 17.8 Å². The Morgan fingerprint density at radius 1 is 0.917 bits per heavy atom. The van der Waals surface area contributed by atoms with Crippen molar-refractivity contribution in [2.24, 2.45) is 0 Å². The predicted molar refractivity (Wildman–Crippen MR) is 136 cm³/mol. The van der Waals surface area contributed by atoms with E-state index in [0.29, 0.717) is 67.4 Å². The second-order valence-corrected chi connectivity index (χ2v) is 7.77. The molecule has 0 aliphatic carbocycles. The van der Waals surface area contributed by atoms with E-state index in [1.807, 2.05) is 13.8 Å². The molecule has 36 heavy (non-hydrogen) atoms. The molecule has 2 rings (SSSR count). The van der Waals surface area contributed by atoms with Crippen LogP contribution in [0.1, 0.15) is 55.5 Å². The highest BCUT2D eigenvalue weighted by atomic mass is 16.5. The molecule has 0 heterocycles. The number of rotatable bonds is 15. The van der Waals surface area contributed by atoms with Crippen LogP contribution in [0.4, 0.5) is 0 Å². The molecular formula is C27H34N2O7. The average Bonchev–Trinajstić information content (AvgIpc) is 2.87. The summed E-state index contributed by atoms with van der Waals surface area (Å²) in [5, 5.41) is 14.2. The Labute approximate surface area is 211 Å². The lowest BCUT2D eigenvalue weighted by molar-refractivity contribution is -0.137. The van der Waals surface area contributed by atoms with Crippen LogP contribution in [0.15, 0.2) is 48.2 Å². The quantitative estimate of drug-likeness (QED) is 0.250. The number of hydrogen-bond acceptors (Lipinski definition) is 6. The van der Waals surface area contributed by atoms with Crippen molar-refractivity contribution in [2.45, 2.75) is 39.5 Å². The van der Waals surface area contributed by atoms with Crippen LogP contribution in [0.2, 0.25) is 0 Å². The van der Waals surface area contributed by atoms with Crippen LogP contribution in [0, 0.1) is 0 Å². The molecule has 194 valence electrons. The summed E-state index contributed by atoms with van der Waals surface area (Å²) in [6.45, 7) is 5.01.